The molecule has 6 heteroatoms. The molecule has 2 saturated heterocycles. The molecular formula is C19H30N4O2. The minimum atomic E-state index is -0.160. The summed E-state index contributed by atoms with van der Waals surface area (Å²) in [5.74, 6) is 2.85. The SMILES string of the molecule is C=CCn1c(CC2CCCCC2)nnc1N1CCOC2(CCOC2)C1. The Morgan fingerprint density at radius 3 is 2.84 bits per heavy atom. The zero-order valence-electron chi connectivity index (χ0n) is 15.2. The van der Waals surface area contributed by atoms with E-state index < -0.39 is 0 Å². The average Bonchev–Trinajstić information content (AvgIpc) is 3.24. The van der Waals surface area contributed by atoms with E-state index >= 15 is 0 Å². The van der Waals surface area contributed by atoms with Gasteiger partial charge < -0.3 is 14.4 Å². The largest absolute Gasteiger partial charge is 0.378 e. The highest BCUT2D eigenvalue weighted by Crippen LogP contribution is 2.31. The number of nitrogens with zero attached hydrogens (tertiary/aromatic N) is 4. The van der Waals surface area contributed by atoms with Crippen molar-refractivity contribution in [3.63, 3.8) is 0 Å². The second-order valence-electron chi connectivity index (χ2n) is 7.78. The molecule has 6 nitrogen and oxygen atoms in total. The Kier molecular flexibility index (Phi) is 5.08. The zero-order chi connectivity index (χ0) is 17.1. The molecule has 3 aliphatic rings. The molecule has 1 aromatic heterocycles. The van der Waals surface area contributed by atoms with Crippen LogP contribution >= 0.6 is 0 Å². The highest BCUT2D eigenvalue weighted by atomic mass is 16.6. The fraction of sp³-hybridized carbons (Fsp3) is 0.789. The third-order valence-corrected chi connectivity index (χ3v) is 5.91. The van der Waals surface area contributed by atoms with Crippen molar-refractivity contribution in [1.82, 2.24) is 14.8 Å². The van der Waals surface area contributed by atoms with E-state index in [4.69, 9.17) is 9.47 Å². The van der Waals surface area contributed by atoms with Gasteiger partial charge in [0.15, 0.2) is 0 Å². The second kappa shape index (κ2) is 7.46. The first-order valence-corrected chi connectivity index (χ1v) is 9.79. The first kappa shape index (κ1) is 17.0. The molecule has 0 N–H and O–H groups in total. The van der Waals surface area contributed by atoms with E-state index in [9.17, 15) is 0 Å². The Labute approximate surface area is 150 Å². The summed E-state index contributed by atoms with van der Waals surface area (Å²) in [7, 11) is 0. The zero-order valence-corrected chi connectivity index (χ0v) is 15.2. The van der Waals surface area contributed by atoms with Crippen molar-refractivity contribution in [3.8, 4) is 0 Å². The van der Waals surface area contributed by atoms with Gasteiger partial charge >= 0.3 is 0 Å². The lowest BCUT2D eigenvalue weighted by Crippen LogP contribution is -2.53. The molecule has 0 amide bonds. The molecule has 0 radical (unpaired) electrons. The van der Waals surface area contributed by atoms with Crippen molar-refractivity contribution in [3.05, 3.63) is 18.5 Å². The van der Waals surface area contributed by atoms with Gasteiger partial charge in [-0.05, 0) is 5.92 Å². The fourth-order valence-electron chi connectivity index (χ4n) is 4.52. The number of anilines is 1. The van der Waals surface area contributed by atoms with E-state index in [1.807, 2.05) is 6.08 Å². The number of aromatic nitrogens is 3. The van der Waals surface area contributed by atoms with Gasteiger partial charge in [-0.1, -0.05) is 38.2 Å². The van der Waals surface area contributed by atoms with Crippen LogP contribution in [-0.4, -0.2) is 53.3 Å². The summed E-state index contributed by atoms with van der Waals surface area (Å²) in [4.78, 5) is 2.33. The lowest BCUT2D eigenvalue weighted by atomic mass is 9.87. The molecule has 3 heterocycles. The van der Waals surface area contributed by atoms with Crippen molar-refractivity contribution in [2.75, 3.05) is 37.8 Å². The highest BCUT2D eigenvalue weighted by Gasteiger charge is 2.41. The van der Waals surface area contributed by atoms with Gasteiger partial charge in [0.2, 0.25) is 5.95 Å². The van der Waals surface area contributed by atoms with Crippen LogP contribution < -0.4 is 4.90 Å². The molecule has 0 aromatic carbocycles. The van der Waals surface area contributed by atoms with Gasteiger partial charge in [-0.3, -0.25) is 4.57 Å². The molecule has 1 unspecified atom stereocenters. The second-order valence-corrected chi connectivity index (χ2v) is 7.78. The first-order chi connectivity index (χ1) is 12.3. The molecule has 1 aliphatic carbocycles. The summed E-state index contributed by atoms with van der Waals surface area (Å²) in [6.45, 7) is 8.62. The number of ether oxygens (including phenoxy) is 2. The van der Waals surface area contributed by atoms with Crippen LogP contribution in [0.1, 0.15) is 44.3 Å². The van der Waals surface area contributed by atoms with Gasteiger partial charge in [-0.25, -0.2) is 0 Å². The average molecular weight is 346 g/mol. The molecule has 2 aliphatic heterocycles. The molecule has 4 rings (SSSR count). The predicted octanol–water partition coefficient (Wildman–Crippen LogP) is 2.58. The van der Waals surface area contributed by atoms with Crippen LogP contribution in [0.15, 0.2) is 12.7 Å². The maximum atomic E-state index is 6.06. The standard InChI is InChI=1S/C19H30N4O2/c1-2-9-23-17(13-16-6-4-3-5-7-16)20-21-18(23)22-10-12-25-19(14-22)8-11-24-15-19/h2,16H,1,3-15H2. The normalized spacial score (nSPS) is 27.9. The lowest BCUT2D eigenvalue weighted by molar-refractivity contribution is -0.0584. The van der Waals surface area contributed by atoms with Gasteiger partial charge in [0.1, 0.15) is 11.4 Å². The number of hydrogen-bond acceptors (Lipinski definition) is 5. The van der Waals surface area contributed by atoms with Crippen LogP contribution in [0.3, 0.4) is 0 Å². The summed E-state index contributed by atoms with van der Waals surface area (Å²) in [5.41, 5.74) is -0.160. The molecule has 3 fully saturated rings. The summed E-state index contributed by atoms with van der Waals surface area (Å²) < 4.78 is 13.9. The van der Waals surface area contributed by atoms with Crippen molar-refractivity contribution >= 4 is 5.95 Å². The van der Waals surface area contributed by atoms with Gasteiger partial charge in [-0.15, -0.1) is 16.8 Å². The maximum absolute atomic E-state index is 6.06. The van der Waals surface area contributed by atoms with Gasteiger partial charge in [0, 0.05) is 32.5 Å². The van der Waals surface area contributed by atoms with E-state index in [0.717, 1.165) is 63.4 Å². The van der Waals surface area contributed by atoms with Crippen LogP contribution in [0.2, 0.25) is 0 Å². The van der Waals surface area contributed by atoms with Gasteiger partial charge in [0.05, 0.1) is 19.8 Å². The van der Waals surface area contributed by atoms with Crippen LogP contribution in [-0.2, 0) is 22.4 Å². The topological polar surface area (TPSA) is 52.4 Å². The van der Waals surface area contributed by atoms with E-state index in [0.29, 0.717) is 6.61 Å². The summed E-state index contributed by atoms with van der Waals surface area (Å²) in [6, 6.07) is 0. The number of morpholine rings is 1. The Morgan fingerprint density at radius 2 is 2.08 bits per heavy atom. The minimum Gasteiger partial charge on any atom is -0.378 e. The molecule has 1 atom stereocenters. The Morgan fingerprint density at radius 1 is 1.20 bits per heavy atom. The third kappa shape index (κ3) is 3.60. The molecular weight excluding hydrogens is 316 g/mol. The van der Waals surface area contributed by atoms with Crippen LogP contribution in [0.5, 0.6) is 0 Å². The van der Waals surface area contributed by atoms with E-state index in [2.05, 4.69) is 26.2 Å². The predicted molar refractivity (Wildman–Crippen MR) is 96.8 cm³/mol. The monoisotopic (exact) mass is 346 g/mol. The Hall–Kier alpha value is -1.40. The molecule has 1 aromatic rings. The van der Waals surface area contributed by atoms with Crippen LogP contribution in [0, 0.1) is 5.92 Å². The maximum Gasteiger partial charge on any atom is 0.227 e. The smallest absolute Gasteiger partial charge is 0.227 e. The molecule has 1 spiro atoms. The molecule has 0 bridgehead atoms. The summed E-state index contributed by atoms with van der Waals surface area (Å²) in [5, 5.41) is 9.14. The summed E-state index contributed by atoms with van der Waals surface area (Å²) in [6.07, 6.45) is 10.7. The van der Waals surface area contributed by atoms with Crippen molar-refractivity contribution in [1.29, 1.82) is 0 Å². The third-order valence-electron chi connectivity index (χ3n) is 5.91. The van der Waals surface area contributed by atoms with Crippen molar-refractivity contribution in [2.24, 2.45) is 5.92 Å². The molecule has 25 heavy (non-hydrogen) atoms. The first-order valence-electron chi connectivity index (χ1n) is 9.79. The Bertz CT molecular complexity index is 588. The van der Waals surface area contributed by atoms with Gasteiger partial charge in [-0.2, -0.15) is 0 Å². The van der Waals surface area contributed by atoms with Crippen molar-refractivity contribution in [2.45, 2.75) is 57.1 Å². The number of hydrogen-bond donors (Lipinski definition) is 0. The molecule has 1 saturated carbocycles. The minimum absolute atomic E-state index is 0.160. The van der Waals surface area contributed by atoms with E-state index in [-0.39, 0.29) is 5.60 Å². The molecule has 138 valence electrons. The Balaban J connectivity index is 1.53. The fourth-order valence-corrected chi connectivity index (χ4v) is 4.52. The van der Waals surface area contributed by atoms with E-state index in [1.54, 1.807) is 0 Å². The van der Waals surface area contributed by atoms with E-state index in [1.165, 1.54) is 32.1 Å². The van der Waals surface area contributed by atoms with Gasteiger partial charge in [0.25, 0.3) is 0 Å². The number of rotatable bonds is 5. The lowest BCUT2D eigenvalue weighted by Gasteiger charge is -2.39. The van der Waals surface area contributed by atoms with Crippen LogP contribution in [0.4, 0.5) is 5.95 Å². The van der Waals surface area contributed by atoms with Crippen LogP contribution in [0.25, 0.3) is 0 Å². The number of allylic oxidation sites excluding steroid dienone is 1. The summed E-state index contributed by atoms with van der Waals surface area (Å²) >= 11 is 0. The van der Waals surface area contributed by atoms with Crippen molar-refractivity contribution < 1.29 is 9.47 Å². The highest BCUT2D eigenvalue weighted by molar-refractivity contribution is 5.34. The quantitative estimate of drug-likeness (QED) is 0.767.